The molecule has 3 aliphatic rings. The largest absolute Gasteiger partial charge is 0.391 e. The molecule has 4 N–H and O–H groups in total. The highest BCUT2D eigenvalue weighted by Crippen LogP contribution is 2.22. The van der Waals surface area contributed by atoms with E-state index in [1.807, 2.05) is 44.2 Å². The number of nitrogens with zero attached hydrogens (tertiary/aromatic N) is 3. The Kier molecular flexibility index (Phi) is 11.3. The quantitative estimate of drug-likeness (QED) is 0.325. The molecule has 13 nitrogen and oxygen atoms in total. The average Bonchev–Trinajstić information content (AvgIpc) is 3.41. The molecule has 3 heterocycles. The van der Waals surface area contributed by atoms with Crippen molar-refractivity contribution in [1.82, 2.24) is 30.7 Å². The number of rotatable bonds is 6. The number of fused-ring (bicyclic) bond motifs is 1. The van der Waals surface area contributed by atoms with Gasteiger partial charge in [0.05, 0.1) is 19.2 Å². The van der Waals surface area contributed by atoms with Crippen LogP contribution in [0.3, 0.4) is 0 Å². The van der Waals surface area contributed by atoms with E-state index in [0.717, 1.165) is 18.4 Å². The Morgan fingerprint density at radius 1 is 1.02 bits per heavy atom. The second-order valence-electron chi connectivity index (χ2n) is 12.0. The SMILES string of the molecule is CC[C@H](C)[C@@H]1NC(=O)CN(C(=O)CN2CCCCC2=O)CCNC(=O)[C@H](Cc2ccccc2)NC(=O)[C@@H]2C[C@@H](O)CN2C1=O. The molecule has 3 fully saturated rings. The average molecular weight is 613 g/mol. The molecule has 0 radical (unpaired) electrons. The summed E-state index contributed by atoms with van der Waals surface area (Å²) in [6.07, 6.45) is 1.68. The van der Waals surface area contributed by atoms with Crippen molar-refractivity contribution >= 4 is 35.4 Å². The Labute approximate surface area is 257 Å². The third-order valence-corrected chi connectivity index (χ3v) is 8.69. The van der Waals surface area contributed by atoms with Crippen molar-refractivity contribution in [2.24, 2.45) is 5.92 Å². The van der Waals surface area contributed by atoms with E-state index in [1.165, 1.54) is 14.7 Å². The van der Waals surface area contributed by atoms with Gasteiger partial charge in [0.2, 0.25) is 35.4 Å². The normalized spacial score (nSPS) is 26.6. The third-order valence-electron chi connectivity index (χ3n) is 8.69. The zero-order valence-corrected chi connectivity index (χ0v) is 25.5. The molecular weight excluding hydrogens is 568 g/mol. The van der Waals surface area contributed by atoms with Gasteiger partial charge in [0.25, 0.3) is 0 Å². The number of nitrogens with one attached hydrogen (secondary N) is 3. The van der Waals surface area contributed by atoms with Crippen molar-refractivity contribution in [1.29, 1.82) is 0 Å². The number of amides is 6. The number of hydrogen-bond donors (Lipinski definition) is 4. The van der Waals surface area contributed by atoms with Crippen LogP contribution in [0, 0.1) is 5.92 Å². The highest BCUT2D eigenvalue weighted by Gasteiger charge is 2.43. The Bertz CT molecular complexity index is 1230. The lowest BCUT2D eigenvalue weighted by molar-refractivity contribution is -0.145. The Morgan fingerprint density at radius 3 is 2.48 bits per heavy atom. The third kappa shape index (κ3) is 8.34. The molecule has 1 aromatic carbocycles. The standard InChI is InChI=1S/C31H44N6O7/c1-3-20(2)28-31(44)37-17-22(38)16-24(37)30(43)33-23(15-21-9-5-4-6-10-21)29(42)32-12-14-36(18-25(39)34-28)27(41)19-35-13-8-7-11-26(35)40/h4-6,9-10,20,22-24,28,38H,3,7-8,11-19H2,1-2H3,(H,32,42)(H,33,43)(H,34,39)/t20-,22+,23-,24-,28-/m0/s1. The van der Waals surface area contributed by atoms with E-state index < -0.39 is 53.8 Å². The van der Waals surface area contributed by atoms with Crippen LogP contribution >= 0.6 is 0 Å². The van der Waals surface area contributed by atoms with Gasteiger partial charge in [-0.25, -0.2) is 0 Å². The van der Waals surface area contributed by atoms with Gasteiger partial charge in [-0.1, -0.05) is 50.6 Å². The Morgan fingerprint density at radius 2 is 1.77 bits per heavy atom. The van der Waals surface area contributed by atoms with Crippen LogP contribution in [-0.4, -0.2) is 119 Å². The van der Waals surface area contributed by atoms with Crippen LogP contribution < -0.4 is 16.0 Å². The summed E-state index contributed by atoms with van der Waals surface area (Å²) in [5.74, 6) is -3.03. The second kappa shape index (κ2) is 15.1. The first-order valence-electron chi connectivity index (χ1n) is 15.5. The molecule has 0 aromatic heterocycles. The number of carbonyl (C=O) groups is 6. The Balaban J connectivity index is 1.63. The van der Waals surface area contributed by atoms with Gasteiger partial charge in [-0.05, 0) is 24.3 Å². The van der Waals surface area contributed by atoms with E-state index in [-0.39, 0.29) is 57.4 Å². The van der Waals surface area contributed by atoms with Crippen molar-refractivity contribution in [2.45, 2.75) is 76.6 Å². The van der Waals surface area contributed by atoms with Gasteiger partial charge in [-0.3, -0.25) is 28.8 Å². The molecule has 3 aliphatic heterocycles. The highest BCUT2D eigenvalue weighted by molar-refractivity contribution is 5.96. The summed E-state index contributed by atoms with van der Waals surface area (Å²) >= 11 is 0. The molecule has 4 rings (SSSR count). The number of piperidine rings is 1. The number of aliphatic hydroxyl groups is 1. The van der Waals surface area contributed by atoms with E-state index in [1.54, 1.807) is 0 Å². The van der Waals surface area contributed by atoms with Gasteiger partial charge in [-0.2, -0.15) is 0 Å². The van der Waals surface area contributed by atoms with Gasteiger partial charge >= 0.3 is 0 Å². The molecule has 44 heavy (non-hydrogen) atoms. The fraction of sp³-hybridized carbons (Fsp3) is 0.613. The van der Waals surface area contributed by atoms with E-state index in [4.69, 9.17) is 0 Å². The minimum Gasteiger partial charge on any atom is -0.391 e. The molecule has 5 atom stereocenters. The fourth-order valence-corrected chi connectivity index (χ4v) is 5.91. The number of likely N-dealkylation sites (tertiary alicyclic amines) is 1. The molecule has 1 aromatic rings. The lowest BCUT2D eigenvalue weighted by atomic mass is 9.97. The first kappa shape index (κ1) is 32.9. The Hall–Kier alpha value is -4.00. The molecule has 0 saturated carbocycles. The van der Waals surface area contributed by atoms with E-state index in [0.29, 0.717) is 19.4 Å². The van der Waals surface area contributed by atoms with Crippen LogP contribution in [0.5, 0.6) is 0 Å². The van der Waals surface area contributed by atoms with Crippen LogP contribution in [0.1, 0.15) is 51.5 Å². The molecule has 3 saturated heterocycles. The summed E-state index contributed by atoms with van der Waals surface area (Å²) in [6.45, 7) is 3.45. The van der Waals surface area contributed by atoms with Crippen LogP contribution in [0.4, 0.5) is 0 Å². The summed E-state index contributed by atoms with van der Waals surface area (Å²) < 4.78 is 0. The lowest BCUT2D eigenvalue weighted by Gasteiger charge is -2.32. The van der Waals surface area contributed by atoms with Crippen molar-refractivity contribution in [2.75, 3.05) is 39.3 Å². The van der Waals surface area contributed by atoms with Gasteiger partial charge in [0, 0.05) is 45.4 Å². The monoisotopic (exact) mass is 612 g/mol. The molecule has 0 bridgehead atoms. The summed E-state index contributed by atoms with van der Waals surface area (Å²) in [4.78, 5) is 84.0. The molecule has 240 valence electrons. The predicted molar refractivity (Wildman–Crippen MR) is 160 cm³/mol. The smallest absolute Gasteiger partial charge is 0.246 e. The van der Waals surface area contributed by atoms with Gasteiger partial charge in [0.15, 0.2) is 0 Å². The topological polar surface area (TPSA) is 168 Å². The van der Waals surface area contributed by atoms with Crippen LogP contribution in [-0.2, 0) is 35.2 Å². The molecular formula is C31H44N6O7. The molecule has 0 spiro atoms. The van der Waals surface area contributed by atoms with Crippen molar-refractivity contribution in [3.8, 4) is 0 Å². The maximum Gasteiger partial charge on any atom is 0.246 e. The minimum absolute atomic E-state index is 0.00405. The van der Waals surface area contributed by atoms with E-state index in [9.17, 15) is 33.9 Å². The van der Waals surface area contributed by atoms with Crippen molar-refractivity contribution in [3.63, 3.8) is 0 Å². The maximum atomic E-state index is 13.9. The summed E-state index contributed by atoms with van der Waals surface area (Å²) in [5, 5.41) is 18.8. The fourth-order valence-electron chi connectivity index (χ4n) is 5.91. The van der Waals surface area contributed by atoms with Crippen LogP contribution in [0.15, 0.2) is 30.3 Å². The lowest BCUT2D eigenvalue weighted by Crippen LogP contribution is -2.58. The van der Waals surface area contributed by atoms with Gasteiger partial charge in [0.1, 0.15) is 18.1 Å². The summed E-state index contributed by atoms with van der Waals surface area (Å²) in [7, 11) is 0. The molecule has 0 aliphatic carbocycles. The van der Waals surface area contributed by atoms with Crippen LogP contribution in [0.2, 0.25) is 0 Å². The number of carbonyl (C=O) groups excluding carboxylic acids is 6. The number of benzene rings is 1. The summed E-state index contributed by atoms with van der Waals surface area (Å²) in [6, 6.07) is 6.13. The van der Waals surface area contributed by atoms with Crippen LogP contribution in [0.25, 0.3) is 0 Å². The minimum atomic E-state index is -1.03. The highest BCUT2D eigenvalue weighted by atomic mass is 16.3. The van der Waals surface area contributed by atoms with Crippen molar-refractivity contribution in [3.05, 3.63) is 35.9 Å². The predicted octanol–water partition coefficient (Wildman–Crippen LogP) is -0.822. The van der Waals surface area contributed by atoms with E-state index in [2.05, 4.69) is 16.0 Å². The number of aliphatic hydroxyl groups excluding tert-OH is 1. The van der Waals surface area contributed by atoms with Gasteiger partial charge < -0.3 is 35.8 Å². The van der Waals surface area contributed by atoms with Gasteiger partial charge in [-0.15, -0.1) is 0 Å². The number of hydrogen-bond acceptors (Lipinski definition) is 7. The molecule has 13 heteroatoms. The first-order chi connectivity index (χ1) is 21.1. The zero-order valence-electron chi connectivity index (χ0n) is 25.5. The van der Waals surface area contributed by atoms with E-state index >= 15 is 0 Å². The molecule has 0 unspecified atom stereocenters. The summed E-state index contributed by atoms with van der Waals surface area (Å²) in [5.41, 5.74) is 0.805. The molecule has 6 amide bonds. The second-order valence-corrected chi connectivity index (χ2v) is 12.0. The first-order valence-corrected chi connectivity index (χ1v) is 15.5. The maximum absolute atomic E-state index is 13.9. The van der Waals surface area contributed by atoms with Crippen molar-refractivity contribution < 1.29 is 33.9 Å². The zero-order chi connectivity index (χ0) is 31.8.